The Morgan fingerprint density at radius 3 is 2.39 bits per heavy atom. The van der Waals surface area contributed by atoms with E-state index in [-0.39, 0.29) is 23.4 Å². The number of rotatable bonds is 8. The van der Waals surface area contributed by atoms with Crippen LogP contribution in [0, 0.1) is 18.3 Å². The van der Waals surface area contributed by atoms with E-state index in [2.05, 4.69) is 31.9 Å². The van der Waals surface area contributed by atoms with Crippen molar-refractivity contribution in [2.24, 2.45) is 0 Å². The number of allylic oxidation sites excluding steroid dienone is 1. The molecule has 0 saturated heterocycles. The zero-order chi connectivity index (χ0) is 23.2. The predicted octanol–water partition coefficient (Wildman–Crippen LogP) is 4.72. The molecular weight excluding hydrogens is 418 g/mol. The molecule has 0 amide bonds. The molecule has 31 heavy (non-hydrogen) atoms. The van der Waals surface area contributed by atoms with Gasteiger partial charge in [0.25, 0.3) is 0 Å². The Labute approximate surface area is 188 Å². The van der Waals surface area contributed by atoms with Gasteiger partial charge in [-0.3, -0.25) is 4.68 Å². The lowest BCUT2D eigenvalue weighted by molar-refractivity contribution is -0.155. The van der Waals surface area contributed by atoms with Crippen molar-refractivity contribution in [1.29, 1.82) is 5.26 Å². The fourth-order valence-electron chi connectivity index (χ4n) is 2.96. The fourth-order valence-corrected chi connectivity index (χ4v) is 3.18. The minimum Gasteiger partial charge on any atom is -0.454 e. The third-order valence-electron chi connectivity index (χ3n) is 4.63. The van der Waals surface area contributed by atoms with Crippen molar-refractivity contribution in [2.75, 3.05) is 20.5 Å². The van der Waals surface area contributed by atoms with E-state index in [9.17, 15) is 10.1 Å². The monoisotopic (exact) mass is 445 g/mol. The van der Waals surface area contributed by atoms with Gasteiger partial charge in [-0.05, 0) is 30.4 Å². The molecule has 0 saturated carbocycles. The van der Waals surface area contributed by atoms with Crippen LogP contribution in [0.2, 0.25) is 5.02 Å². The first-order valence-electron chi connectivity index (χ1n) is 9.89. The number of hydrogen-bond donors (Lipinski definition) is 0. The van der Waals surface area contributed by atoms with Gasteiger partial charge in [0.1, 0.15) is 23.9 Å². The highest BCUT2D eigenvalue weighted by atomic mass is 35.5. The first-order chi connectivity index (χ1) is 14.6. The van der Waals surface area contributed by atoms with Gasteiger partial charge in [0, 0.05) is 13.7 Å². The van der Waals surface area contributed by atoms with E-state index >= 15 is 0 Å². The molecule has 7 nitrogen and oxygen atoms in total. The molecule has 0 aliphatic carbocycles. The van der Waals surface area contributed by atoms with E-state index in [1.54, 1.807) is 11.6 Å². The number of ether oxygens (including phenoxy) is 3. The maximum atomic E-state index is 11.6. The van der Waals surface area contributed by atoms with Gasteiger partial charge < -0.3 is 14.2 Å². The Morgan fingerprint density at radius 1 is 1.23 bits per heavy atom. The molecule has 0 N–H and O–H groups in total. The van der Waals surface area contributed by atoms with Gasteiger partial charge in [-0.2, -0.15) is 10.4 Å². The lowest BCUT2D eigenvalue weighted by atomic mass is 9.86. The summed E-state index contributed by atoms with van der Waals surface area (Å²) in [5.74, 6) is -0.384. The van der Waals surface area contributed by atoms with Crippen LogP contribution in [0.3, 0.4) is 0 Å². The molecular formula is C23H28ClN3O4. The Morgan fingerprint density at radius 2 is 1.87 bits per heavy atom. The number of aromatic nitrogens is 2. The number of halogens is 1. The van der Waals surface area contributed by atoms with Crippen LogP contribution in [0.4, 0.5) is 0 Å². The van der Waals surface area contributed by atoms with E-state index in [1.165, 1.54) is 7.11 Å². The molecule has 2 rings (SSSR count). The molecule has 0 unspecified atom stereocenters. The second kappa shape index (κ2) is 10.5. The van der Waals surface area contributed by atoms with Crippen molar-refractivity contribution in [3.8, 4) is 6.07 Å². The molecule has 0 radical (unpaired) electrons. The lowest BCUT2D eigenvalue weighted by Gasteiger charge is -2.19. The fraction of sp³-hybridized carbons (Fsp3) is 0.435. The lowest BCUT2D eigenvalue weighted by Crippen LogP contribution is -2.14. The smallest absolute Gasteiger partial charge is 0.334 e. The quantitative estimate of drug-likeness (QED) is 0.253. The Balaban J connectivity index is 2.57. The zero-order valence-electron chi connectivity index (χ0n) is 18.8. The van der Waals surface area contributed by atoms with Gasteiger partial charge in [-0.15, -0.1) is 0 Å². The van der Waals surface area contributed by atoms with Crippen LogP contribution < -0.4 is 0 Å². The van der Waals surface area contributed by atoms with Crippen LogP contribution in [0.5, 0.6) is 0 Å². The molecule has 166 valence electrons. The van der Waals surface area contributed by atoms with Gasteiger partial charge in [-0.1, -0.05) is 56.6 Å². The number of nitrogens with zero attached hydrogens (tertiary/aromatic N) is 3. The Kier molecular flexibility index (Phi) is 8.26. The number of benzene rings is 1. The zero-order valence-corrected chi connectivity index (χ0v) is 19.5. The molecule has 1 aromatic heterocycles. The third-order valence-corrected chi connectivity index (χ3v) is 5.09. The largest absolute Gasteiger partial charge is 0.454 e. The van der Waals surface area contributed by atoms with Gasteiger partial charge in [0.2, 0.25) is 6.79 Å². The van der Waals surface area contributed by atoms with Crippen molar-refractivity contribution in [3.05, 3.63) is 51.8 Å². The number of esters is 1. The van der Waals surface area contributed by atoms with E-state index < -0.39 is 12.8 Å². The minimum atomic E-state index is -0.582. The van der Waals surface area contributed by atoms with Crippen LogP contribution in [0.25, 0.3) is 11.3 Å². The molecule has 8 heteroatoms. The molecule has 1 heterocycles. The van der Waals surface area contributed by atoms with Gasteiger partial charge >= 0.3 is 5.97 Å². The minimum absolute atomic E-state index is 0.0226. The number of methoxy groups -OCH3 is 1. The van der Waals surface area contributed by atoms with Gasteiger partial charge in [0.05, 0.1) is 10.7 Å². The summed E-state index contributed by atoms with van der Waals surface area (Å²) in [6.45, 7) is 9.96. The van der Waals surface area contributed by atoms with Gasteiger partial charge in [0.15, 0.2) is 5.76 Å². The van der Waals surface area contributed by atoms with Crippen LogP contribution in [0.15, 0.2) is 24.3 Å². The summed E-state index contributed by atoms with van der Waals surface area (Å²) in [5.41, 5.74) is 3.10. The molecule has 0 fully saturated rings. The summed E-state index contributed by atoms with van der Waals surface area (Å²) in [6.07, 6.45) is 0. The molecule has 1 aromatic carbocycles. The summed E-state index contributed by atoms with van der Waals surface area (Å²) >= 11 is 6.52. The van der Waals surface area contributed by atoms with Crippen molar-refractivity contribution in [2.45, 2.75) is 46.6 Å². The SMILES string of the molecule is CCn1nc(C)c(Cl)c1/C(OCOC(=O)COC)=C(\C#N)c1ccc(C(C)(C)C)cc1. The van der Waals surface area contributed by atoms with Crippen LogP contribution in [-0.4, -0.2) is 36.3 Å². The summed E-state index contributed by atoms with van der Waals surface area (Å²) in [5, 5.41) is 14.8. The molecule has 0 aliphatic heterocycles. The first-order valence-corrected chi connectivity index (χ1v) is 10.3. The number of carbonyl (C=O) groups is 1. The van der Waals surface area contributed by atoms with Crippen molar-refractivity contribution in [1.82, 2.24) is 9.78 Å². The van der Waals surface area contributed by atoms with E-state index in [0.717, 1.165) is 5.56 Å². The van der Waals surface area contributed by atoms with E-state index in [1.807, 2.05) is 31.2 Å². The van der Waals surface area contributed by atoms with Crippen molar-refractivity contribution >= 4 is 28.9 Å². The summed E-state index contributed by atoms with van der Waals surface area (Å²) in [4.78, 5) is 11.6. The van der Waals surface area contributed by atoms with Crippen molar-refractivity contribution in [3.63, 3.8) is 0 Å². The van der Waals surface area contributed by atoms with Gasteiger partial charge in [-0.25, -0.2) is 4.79 Å². The summed E-state index contributed by atoms with van der Waals surface area (Å²) in [6, 6.07) is 9.91. The Bertz CT molecular complexity index is 996. The highest BCUT2D eigenvalue weighted by molar-refractivity contribution is 6.33. The standard InChI is InChI=1S/C23H28ClN3O4/c1-7-27-21(20(24)15(2)26-27)22(31-14-30-19(28)13-29-6)18(12-25)16-8-10-17(11-9-16)23(3,4)5/h8-11H,7,13-14H2,1-6H3/b22-18-. The van der Waals surface area contributed by atoms with Crippen LogP contribution >= 0.6 is 11.6 Å². The number of nitriles is 1. The molecule has 0 bridgehead atoms. The molecule has 2 aromatic rings. The number of aryl methyl sites for hydroxylation is 2. The second-order valence-electron chi connectivity index (χ2n) is 7.92. The van der Waals surface area contributed by atoms with E-state index in [0.29, 0.717) is 28.5 Å². The molecule has 0 spiro atoms. The topological polar surface area (TPSA) is 86.4 Å². The number of carbonyl (C=O) groups excluding carboxylic acids is 1. The van der Waals surface area contributed by atoms with E-state index in [4.69, 9.17) is 25.8 Å². The average molecular weight is 446 g/mol. The average Bonchev–Trinajstić information content (AvgIpc) is 3.01. The molecule has 0 atom stereocenters. The summed E-state index contributed by atoms with van der Waals surface area (Å²) in [7, 11) is 1.39. The number of hydrogen-bond acceptors (Lipinski definition) is 6. The molecule has 0 aliphatic rings. The maximum Gasteiger partial charge on any atom is 0.334 e. The highest BCUT2D eigenvalue weighted by Gasteiger charge is 2.24. The second-order valence-corrected chi connectivity index (χ2v) is 8.30. The Hall–Kier alpha value is -2.82. The normalized spacial score (nSPS) is 12.2. The first kappa shape index (κ1) is 24.4. The van der Waals surface area contributed by atoms with Crippen LogP contribution in [0.1, 0.15) is 50.2 Å². The van der Waals surface area contributed by atoms with Crippen LogP contribution in [-0.2, 0) is 31.0 Å². The van der Waals surface area contributed by atoms with Crippen molar-refractivity contribution < 1.29 is 19.0 Å². The highest BCUT2D eigenvalue weighted by Crippen LogP contribution is 2.34. The predicted molar refractivity (Wildman–Crippen MR) is 119 cm³/mol. The summed E-state index contributed by atoms with van der Waals surface area (Å²) < 4.78 is 17.3. The maximum absolute atomic E-state index is 11.6. The third kappa shape index (κ3) is 5.87.